The number of rotatable bonds is 3. The molecule has 5 heteroatoms. The predicted molar refractivity (Wildman–Crippen MR) is 94.1 cm³/mol. The second-order valence-corrected chi connectivity index (χ2v) is 6.83. The van der Waals surface area contributed by atoms with Crippen LogP contribution in [-0.2, 0) is 6.42 Å². The van der Waals surface area contributed by atoms with Gasteiger partial charge in [-0.2, -0.15) is 0 Å². The number of allylic oxidation sites excluding steroid dienone is 1. The maximum atomic E-state index is 12.2. The van der Waals surface area contributed by atoms with E-state index < -0.39 is 0 Å². The van der Waals surface area contributed by atoms with E-state index in [1.807, 2.05) is 0 Å². The van der Waals surface area contributed by atoms with Crippen LogP contribution in [0.5, 0.6) is 0 Å². The van der Waals surface area contributed by atoms with Crippen molar-refractivity contribution in [2.45, 2.75) is 46.0 Å². The molecule has 0 saturated carbocycles. The number of amides is 1. The number of carbonyl (C=O) groups is 1. The third-order valence-electron chi connectivity index (χ3n) is 5.14. The van der Waals surface area contributed by atoms with Crippen LogP contribution in [0.25, 0.3) is 5.57 Å². The van der Waals surface area contributed by atoms with Gasteiger partial charge in [0.15, 0.2) is 0 Å². The van der Waals surface area contributed by atoms with Crippen LogP contribution in [0.3, 0.4) is 0 Å². The molecule has 0 radical (unpaired) electrons. The quantitative estimate of drug-likeness (QED) is 0.866. The minimum Gasteiger partial charge on any atom is -0.299 e. The molecular weight excluding hydrogens is 302 g/mol. The summed E-state index contributed by atoms with van der Waals surface area (Å²) in [6, 6.07) is 0. The van der Waals surface area contributed by atoms with Gasteiger partial charge >= 0.3 is 0 Å². The van der Waals surface area contributed by atoms with Gasteiger partial charge in [0, 0.05) is 12.7 Å². The van der Waals surface area contributed by atoms with Crippen LogP contribution in [0, 0.1) is 6.92 Å². The normalized spacial score (nSPS) is 20.0. The van der Waals surface area contributed by atoms with Crippen molar-refractivity contribution in [1.82, 2.24) is 14.9 Å². The van der Waals surface area contributed by atoms with Crippen LogP contribution in [0.2, 0.25) is 0 Å². The first-order valence-corrected chi connectivity index (χ1v) is 8.99. The first-order valence-electron chi connectivity index (χ1n) is 8.99. The van der Waals surface area contributed by atoms with Crippen molar-refractivity contribution in [3.05, 3.63) is 34.7 Å². The molecule has 0 bridgehead atoms. The van der Waals surface area contributed by atoms with Crippen molar-refractivity contribution in [2.75, 3.05) is 26.2 Å². The first-order chi connectivity index (χ1) is 11.6. The molecule has 5 nitrogen and oxygen atoms in total. The Balaban J connectivity index is 1.93. The maximum absolute atomic E-state index is 12.2. The van der Waals surface area contributed by atoms with Gasteiger partial charge in [0.25, 0.3) is 5.91 Å². The van der Waals surface area contributed by atoms with E-state index in [-0.39, 0.29) is 5.91 Å². The van der Waals surface area contributed by atoms with E-state index in [1.54, 1.807) is 6.20 Å². The van der Waals surface area contributed by atoms with Gasteiger partial charge in [0.1, 0.15) is 5.69 Å². The first kappa shape index (κ1) is 17.1. The summed E-state index contributed by atoms with van der Waals surface area (Å²) in [5.74, 6) is -0.386. The summed E-state index contributed by atoms with van der Waals surface area (Å²) in [5, 5.41) is 10.5. The Morgan fingerprint density at radius 2 is 1.96 bits per heavy atom. The van der Waals surface area contributed by atoms with Crippen LogP contribution in [0.4, 0.5) is 0 Å². The zero-order valence-electron chi connectivity index (χ0n) is 14.7. The number of hydroxylamine groups is 2. The van der Waals surface area contributed by atoms with E-state index in [4.69, 9.17) is 0 Å². The van der Waals surface area contributed by atoms with Crippen molar-refractivity contribution < 1.29 is 10.0 Å². The van der Waals surface area contributed by atoms with E-state index in [9.17, 15) is 10.0 Å². The van der Waals surface area contributed by atoms with Crippen molar-refractivity contribution in [2.24, 2.45) is 0 Å². The fourth-order valence-electron chi connectivity index (χ4n) is 3.83. The average Bonchev–Trinajstić information content (AvgIpc) is 2.85. The number of pyridine rings is 1. The molecule has 1 fully saturated rings. The smallest absolute Gasteiger partial charge is 0.296 e. The summed E-state index contributed by atoms with van der Waals surface area (Å²) in [5.41, 5.74) is 4.93. The van der Waals surface area contributed by atoms with Crippen LogP contribution in [0.15, 0.2) is 12.3 Å². The van der Waals surface area contributed by atoms with Gasteiger partial charge in [-0.3, -0.25) is 19.9 Å². The van der Waals surface area contributed by atoms with Crippen LogP contribution < -0.4 is 0 Å². The molecule has 1 saturated heterocycles. The Morgan fingerprint density at radius 1 is 1.25 bits per heavy atom. The second kappa shape index (κ2) is 7.45. The van der Waals surface area contributed by atoms with E-state index in [0.29, 0.717) is 18.7 Å². The second-order valence-electron chi connectivity index (χ2n) is 6.83. The highest BCUT2D eigenvalue weighted by Gasteiger charge is 2.28. The van der Waals surface area contributed by atoms with E-state index >= 15 is 0 Å². The lowest BCUT2D eigenvalue weighted by atomic mass is 9.90. The summed E-state index contributed by atoms with van der Waals surface area (Å²) in [6.45, 7) is 7.68. The molecule has 2 aliphatic rings. The van der Waals surface area contributed by atoms with Gasteiger partial charge in [-0.1, -0.05) is 18.9 Å². The van der Waals surface area contributed by atoms with Crippen LogP contribution >= 0.6 is 0 Å². The SMILES string of the molecule is C/C=C(/CN1CCCCCC1)c1c(C)cnc2c1CCN(O)C2=O. The van der Waals surface area contributed by atoms with Crippen molar-refractivity contribution in [1.29, 1.82) is 0 Å². The van der Waals surface area contributed by atoms with Gasteiger partial charge in [0.05, 0.1) is 6.54 Å². The Labute approximate surface area is 143 Å². The van der Waals surface area contributed by atoms with Gasteiger partial charge in [0.2, 0.25) is 0 Å². The zero-order valence-corrected chi connectivity index (χ0v) is 14.7. The van der Waals surface area contributed by atoms with Crippen LogP contribution in [0.1, 0.15) is 59.8 Å². The fraction of sp³-hybridized carbons (Fsp3) is 0.579. The zero-order chi connectivity index (χ0) is 17.1. The fourth-order valence-corrected chi connectivity index (χ4v) is 3.83. The van der Waals surface area contributed by atoms with Crippen molar-refractivity contribution in [3.8, 4) is 0 Å². The number of nitrogens with zero attached hydrogens (tertiary/aromatic N) is 3. The molecule has 3 heterocycles. The van der Waals surface area contributed by atoms with Crippen molar-refractivity contribution in [3.63, 3.8) is 0 Å². The predicted octanol–water partition coefficient (Wildman–Crippen LogP) is 3.06. The Morgan fingerprint density at radius 3 is 2.62 bits per heavy atom. The summed E-state index contributed by atoms with van der Waals surface area (Å²) in [7, 11) is 0. The topological polar surface area (TPSA) is 56.7 Å². The average molecular weight is 329 g/mol. The number of aromatic nitrogens is 1. The highest BCUT2D eigenvalue weighted by atomic mass is 16.5. The molecule has 1 aromatic heterocycles. The summed E-state index contributed by atoms with van der Waals surface area (Å²) in [6.07, 6.45) is 9.77. The molecule has 1 N–H and O–H groups in total. The Hall–Kier alpha value is -1.72. The molecule has 130 valence electrons. The van der Waals surface area contributed by atoms with E-state index in [1.165, 1.54) is 31.3 Å². The lowest BCUT2D eigenvalue weighted by Gasteiger charge is -2.28. The molecule has 0 spiro atoms. The summed E-state index contributed by atoms with van der Waals surface area (Å²) < 4.78 is 0. The van der Waals surface area contributed by atoms with Crippen molar-refractivity contribution >= 4 is 11.5 Å². The van der Waals surface area contributed by atoms with Gasteiger partial charge in [-0.15, -0.1) is 0 Å². The molecule has 2 aliphatic heterocycles. The number of hydrogen-bond acceptors (Lipinski definition) is 4. The molecule has 3 rings (SSSR count). The largest absolute Gasteiger partial charge is 0.299 e. The Kier molecular flexibility index (Phi) is 5.31. The van der Waals surface area contributed by atoms with E-state index in [0.717, 1.165) is 41.4 Å². The summed E-state index contributed by atoms with van der Waals surface area (Å²) in [4.78, 5) is 19.0. The highest BCUT2D eigenvalue weighted by Crippen LogP contribution is 2.29. The Bertz CT molecular complexity index is 646. The maximum Gasteiger partial charge on any atom is 0.296 e. The summed E-state index contributed by atoms with van der Waals surface area (Å²) >= 11 is 0. The lowest BCUT2D eigenvalue weighted by Crippen LogP contribution is -2.36. The third kappa shape index (κ3) is 3.37. The minimum atomic E-state index is -0.386. The van der Waals surface area contributed by atoms with Gasteiger partial charge in [-0.05, 0) is 68.5 Å². The molecule has 0 aliphatic carbocycles. The molecule has 0 atom stereocenters. The molecular formula is C19H27N3O2. The molecule has 0 unspecified atom stereocenters. The number of fused-ring (bicyclic) bond motifs is 1. The minimum absolute atomic E-state index is 0.338. The lowest BCUT2D eigenvalue weighted by molar-refractivity contribution is -0.0607. The van der Waals surface area contributed by atoms with E-state index in [2.05, 4.69) is 29.8 Å². The molecule has 1 amide bonds. The number of likely N-dealkylation sites (tertiary alicyclic amines) is 1. The van der Waals surface area contributed by atoms with Gasteiger partial charge < -0.3 is 0 Å². The number of aryl methyl sites for hydroxylation is 1. The van der Waals surface area contributed by atoms with Gasteiger partial charge in [-0.25, -0.2) is 5.06 Å². The third-order valence-corrected chi connectivity index (χ3v) is 5.14. The van der Waals surface area contributed by atoms with Crippen LogP contribution in [-0.4, -0.2) is 52.2 Å². The molecule has 0 aromatic carbocycles. The number of hydrogen-bond donors (Lipinski definition) is 1. The molecule has 24 heavy (non-hydrogen) atoms. The molecule has 1 aromatic rings. The number of carbonyl (C=O) groups excluding carboxylic acids is 1. The standard InChI is InChI=1S/C19H27N3O2/c1-3-15(13-21-9-6-4-5-7-10-21)17-14(2)12-20-18-16(17)8-11-22(24)19(18)23/h3,12,24H,4-11,13H2,1-2H3/b15-3-. The monoisotopic (exact) mass is 329 g/mol. The highest BCUT2D eigenvalue weighted by molar-refractivity contribution is 5.95.